The van der Waals surface area contributed by atoms with E-state index in [0.717, 1.165) is 19.3 Å². The Kier molecular flexibility index (Phi) is 2.03. The van der Waals surface area contributed by atoms with Gasteiger partial charge in [-0.05, 0) is 49.4 Å². The quantitative estimate of drug-likeness (QED) is 0.744. The highest BCUT2D eigenvalue weighted by atomic mass is 16.4. The van der Waals surface area contributed by atoms with Crippen molar-refractivity contribution in [2.75, 3.05) is 0 Å². The Balaban J connectivity index is 1.79. The van der Waals surface area contributed by atoms with Gasteiger partial charge in [-0.25, -0.2) is 0 Å². The second-order valence-electron chi connectivity index (χ2n) is 5.67. The van der Waals surface area contributed by atoms with Crippen molar-refractivity contribution >= 4 is 11.9 Å². The molecule has 0 radical (unpaired) electrons. The van der Waals surface area contributed by atoms with Crippen LogP contribution in [0, 0.1) is 35.5 Å². The number of carboxylic acid groups (broad SMARTS) is 2. The van der Waals surface area contributed by atoms with E-state index in [0.29, 0.717) is 24.2 Å². The third-order valence-corrected chi connectivity index (χ3v) is 5.13. The summed E-state index contributed by atoms with van der Waals surface area (Å²) in [5, 5.41) is 18.1. The number of hydrogen-bond donors (Lipinski definition) is 2. The van der Waals surface area contributed by atoms with E-state index in [4.69, 9.17) is 10.2 Å². The minimum atomic E-state index is -0.694. The molecule has 88 valence electrons. The van der Waals surface area contributed by atoms with Crippen LogP contribution in [0.3, 0.4) is 0 Å². The van der Waals surface area contributed by atoms with E-state index >= 15 is 0 Å². The zero-order valence-electron chi connectivity index (χ0n) is 9.00. The van der Waals surface area contributed by atoms with Gasteiger partial charge >= 0.3 is 11.9 Å². The van der Waals surface area contributed by atoms with Crippen LogP contribution in [-0.4, -0.2) is 22.2 Å². The third kappa shape index (κ3) is 1.22. The first-order valence-electron chi connectivity index (χ1n) is 6.03. The van der Waals surface area contributed by atoms with Crippen molar-refractivity contribution in [1.29, 1.82) is 0 Å². The average Bonchev–Trinajstić information content (AvgIpc) is 2.87. The smallest absolute Gasteiger partial charge is 0.306 e. The average molecular weight is 224 g/mol. The molecule has 16 heavy (non-hydrogen) atoms. The van der Waals surface area contributed by atoms with Crippen molar-refractivity contribution < 1.29 is 19.8 Å². The standard InChI is InChI=1S/C12H16O4/c13-11(14)6-3-7-5-1-9(8(7)4-6)10(2-5)12(15)16/h5-10H,1-4H2,(H,13,14)(H,15,16)/t5-,6-,7+,8-,9-,10-/m0/s1. The number of carbonyl (C=O) groups is 2. The number of hydrogen-bond acceptors (Lipinski definition) is 2. The van der Waals surface area contributed by atoms with Gasteiger partial charge in [-0.1, -0.05) is 0 Å². The summed E-state index contributed by atoms with van der Waals surface area (Å²) in [4.78, 5) is 22.0. The van der Waals surface area contributed by atoms with Gasteiger partial charge < -0.3 is 10.2 Å². The summed E-state index contributed by atoms with van der Waals surface area (Å²) < 4.78 is 0. The highest BCUT2D eigenvalue weighted by molar-refractivity contribution is 5.72. The van der Waals surface area contributed by atoms with Crippen molar-refractivity contribution in [2.24, 2.45) is 35.5 Å². The van der Waals surface area contributed by atoms with E-state index in [2.05, 4.69) is 0 Å². The Morgan fingerprint density at radius 3 is 2.12 bits per heavy atom. The number of aliphatic carboxylic acids is 2. The molecule has 3 fully saturated rings. The third-order valence-electron chi connectivity index (χ3n) is 5.13. The second-order valence-corrected chi connectivity index (χ2v) is 5.67. The maximum Gasteiger partial charge on any atom is 0.306 e. The maximum absolute atomic E-state index is 11.1. The fourth-order valence-electron chi connectivity index (χ4n) is 4.56. The first-order chi connectivity index (χ1) is 7.58. The molecule has 0 aromatic heterocycles. The Labute approximate surface area is 93.6 Å². The number of fused-ring (bicyclic) bond motifs is 5. The van der Waals surface area contributed by atoms with Crippen molar-refractivity contribution in [1.82, 2.24) is 0 Å². The molecule has 4 heteroatoms. The van der Waals surface area contributed by atoms with Gasteiger partial charge in [0.1, 0.15) is 0 Å². The second kappa shape index (κ2) is 3.22. The highest BCUT2D eigenvalue weighted by Gasteiger charge is 2.58. The van der Waals surface area contributed by atoms with Crippen LogP contribution in [-0.2, 0) is 9.59 Å². The first-order valence-corrected chi connectivity index (χ1v) is 6.03. The predicted molar refractivity (Wildman–Crippen MR) is 54.7 cm³/mol. The van der Waals surface area contributed by atoms with Crippen molar-refractivity contribution in [3.05, 3.63) is 0 Å². The zero-order valence-corrected chi connectivity index (χ0v) is 9.00. The molecule has 3 rings (SSSR count). The topological polar surface area (TPSA) is 74.6 Å². The van der Waals surface area contributed by atoms with E-state index in [1.165, 1.54) is 0 Å². The molecule has 0 heterocycles. The Morgan fingerprint density at radius 2 is 1.50 bits per heavy atom. The highest BCUT2D eigenvalue weighted by Crippen LogP contribution is 2.62. The lowest BCUT2D eigenvalue weighted by Crippen LogP contribution is -2.29. The minimum absolute atomic E-state index is 0.196. The summed E-state index contributed by atoms with van der Waals surface area (Å²) >= 11 is 0. The van der Waals surface area contributed by atoms with Crippen molar-refractivity contribution in [2.45, 2.75) is 25.7 Å². The Hall–Kier alpha value is -1.06. The molecule has 2 bridgehead atoms. The van der Waals surface area contributed by atoms with E-state index in [9.17, 15) is 9.59 Å². The normalized spacial score (nSPS) is 49.2. The van der Waals surface area contributed by atoms with Gasteiger partial charge in [0.25, 0.3) is 0 Å². The van der Waals surface area contributed by atoms with Crippen LogP contribution in [0.2, 0.25) is 0 Å². The van der Waals surface area contributed by atoms with E-state index in [1.54, 1.807) is 0 Å². The van der Waals surface area contributed by atoms with E-state index in [-0.39, 0.29) is 17.8 Å². The molecule has 0 unspecified atom stereocenters. The van der Waals surface area contributed by atoms with Gasteiger partial charge in [0, 0.05) is 0 Å². The monoisotopic (exact) mass is 224 g/mol. The van der Waals surface area contributed by atoms with Crippen LogP contribution >= 0.6 is 0 Å². The lowest BCUT2D eigenvalue weighted by atomic mass is 9.76. The predicted octanol–water partition coefficient (Wildman–Crippen LogP) is 1.45. The SMILES string of the molecule is O=C(O)[C@@H]1C[C@H]2[C@H](C1)[C@H]1C[C@@H]2[C@@H](C(=O)O)C1. The van der Waals surface area contributed by atoms with Gasteiger partial charge in [0.2, 0.25) is 0 Å². The van der Waals surface area contributed by atoms with Gasteiger partial charge in [-0.3, -0.25) is 9.59 Å². The molecule has 4 nitrogen and oxygen atoms in total. The van der Waals surface area contributed by atoms with Crippen molar-refractivity contribution in [3.8, 4) is 0 Å². The van der Waals surface area contributed by atoms with Crippen LogP contribution in [0.5, 0.6) is 0 Å². The number of carboxylic acids is 2. The molecule has 3 saturated carbocycles. The van der Waals surface area contributed by atoms with Gasteiger partial charge in [0.15, 0.2) is 0 Å². The lowest BCUT2D eigenvalue weighted by molar-refractivity contribution is -0.144. The molecule has 6 atom stereocenters. The van der Waals surface area contributed by atoms with Crippen LogP contribution in [0.1, 0.15) is 25.7 Å². The summed E-state index contributed by atoms with van der Waals surface area (Å²) in [6, 6.07) is 0. The molecule has 3 aliphatic carbocycles. The largest absolute Gasteiger partial charge is 0.481 e. The molecule has 2 N–H and O–H groups in total. The summed E-state index contributed by atoms with van der Waals surface area (Å²) in [5.41, 5.74) is 0. The van der Waals surface area contributed by atoms with Crippen LogP contribution in [0.25, 0.3) is 0 Å². The zero-order chi connectivity index (χ0) is 11.4. The minimum Gasteiger partial charge on any atom is -0.481 e. The van der Waals surface area contributed by atoms with Crippen LogP contribution < -0.4 is 0 Å². The molecule has 0 aromatic carbocycles. The summed E-state index contributed by atoms with van der Waals surface area (Å²) in [6.45, 7) is 0. The maximum atomic E-state index is 11.1. The van der Waals surface area contributed by atoms with Crippen molar-refractivity contribution in [3.63, 3.8) is 0 Å². The fraction of sp³-hybridized carbons (Fsp3) is 0.833. The molecule has 0 aliphatic heterocycles. The summed E-state index contributed by atoms with van der Waals surface area (Å²) in [6.07, 6.45) is 3.31. The molecule has 0 spiro atoms. The lowest BCUT2D eigenvalue weighted by Gasteiger charge is -2.28. The van der Waals surface area contributed by atoms with Gasteiger partial charge in [0.05, 0.1) is 11.8 Å². The molecular formula is C12H16O4. The summed E-state index contributed by atoms with van der Waals surface area (Å²) in [5.74, 6) is -0.156. The summed E-state index contributed by atoms with van der Waals surface area (Å²) in [7, 11) is 0. The van der Waals surface area contributed by atoms with E-state index in [1.807, 2.05) is 0 Å². The molecule has 0 aromatic rings. The Morgan fingerprint density at radius 1 is 0.812 bits per heavy atom. The van der Waals surface area contributed by atoms with E-state index < -0.39 is 11.9 Å². The molecule has 3 aliphatic rings. The molecular weight excluding hydrogens is 208 g/mol. The fourth-order valence-corrected chi connectivity index (χ4v) is 4.56. The number of rotatable bonds is 2. The molecule has 0 amide bonds. The Bertz CT molecular complexity index is 351. The van der Waals surface area contributed by atoms with Crippen LogP contribution in [0.4, 0.5) is 0 Å². The van der Waals surface area contributed by atoms with Gasteiger partial charge in [-0.2, -0.15) is 0 Å². The first kappa shape index (κ1) is 10.1. The van der Waals surface area contributed by atoms with Crippen LogP contribution in [0.15, 0.2) is 0 Å². The molecule has 0 saturated heterocycles. The van der Waals surface area contributed by atoms with Gasteiger partial charge in [-0.15, -0.1) is 0 Å².